The van der Waals surface area contributed by atoms with Crippen LogP contribution in [0, 0.1) is 0 Å². The molecule has 3 aromatic rings. The molecule has 0 saturated carbocycles. The van der Waals surface area contributed by atoms with Crippen molar-refractivity contribution in [1.29, 1.82) is 0 Å². The minimum atomic E-state index is -0.0113. The molecule has 27 heavy (non-hydrogen) atoms. The van der Waals surface area contributed by atoms with Crippen LogP contribution in [0.1, 0.15) is 11.4 Å². The van der Waals surface area contributed by atoms with E-state index in [4.69, 9.17) is 14.5 Å². The van der Waals surface area contributed by atoms with Gasteiger partial charge in [-0.2, -0.15) is 5.10 Å². The van der Waals surface area contributed by atoms with Crippen molar-refractivity contribution < 1.29 is 9.47 Å². The van der Waals surface area contributed by atoms with Crippen LogP contribution in [0.5, 0.6) is 5.75 Å². The number of benzene rings is 1. The molecule has 0 amide bonds. The Balaban J connectivity index is 1.58. The summed E-state index contributed by atoms with van der Waals surface area (Å²) in [6.07, 6.45) is 1.61. The molecule has 8 heteroatoms. The van der Waals surface area contributed by atoms with Crippen LogP contribution in [0.25, 0.3) is 11.0 Å². The molecule has 0 N–H and O–H groups in total. The van der Waals surface area contributed by atoms with Crippen LogP contribution in [-0.2, 0) is 30.9 Å². The van der Waals surface area contributed by atoms with Gasteiger partial charge in [-0.1, -0.05) is 12.1 Å². The van der Waals surface area contributed by atoms with Gasteiger partial charge in [0.2, 0.25) is 0 Å². The molecule has 0 fully saturated rings. The molecule has 0 atom stereocenters. The lowest BCUT2D eigenvalue weighted by Gasteiger charge is -2.29. The van der Waals surface area contributed by atoms with E-state index < -0.39 is 0 Å². The van der Waals surface area contributed by atoms with E-state index in [0.29, 0.717) is 37.3 Å². The Hall–Kier alpha value is -2.71. The fourth-order valence-electron chi connectivity index (χ4n) is 3.43. The van der Waals surface area contributed by atoms with Gasteiger partial charge in [-0.3, -0.25) is 14.3 Å². The number of aromatic nitrogens is 4. The van der Waals surface area contributed by atoms with Gasteiger partial charge in [0.05, 0.1) is 33.0 Å². The average Bonchev–Trinajstić information content (AvgIpc) is 3.10. The van der Waals surface area contributed by atoms with Crippen LogP contribution in [-0.4, -0.2) is 51.6 Å². The average molecular weight is 369 g/mol. The summed E-state index contributed by atoms with van der Waals surface area (Å²) >= 11 is 0. The van der Waals surface area contributed by atoms with Gasteiger partial charge in [-0.25, -0.2) is 9.67 Å². The fourth-order valence-corrected chi connectivity index (χ4v) is 3.43. The smallest absolute Gasteiger partial charge is 0.264 e. The summed E-state index contributed by atoms with van der Waals surface area (Å²) < 4.78 is 13.8. The Bertz CT molecular complexity index is 993. The number of fused-ring (bicyclic) bond motifs is 2. The van der Waals surface area contributed by atoms with Gasteiger partial charge >= 0.3 is 0 Å². The highest BCUT2D eigenvalue weighted by atomic mass is 16.5. The first-order chi connectivity index (χ1) is 13.2. The molecule has 1 aliphatic heterocycles. The van der Waals surface area contributed by atoms with Gasteiger partial charge in [0.25, 0.3) is 5.56 Å². The summed E-state index contributed by atoms with van der Waals surface area (Å²) in [7, 11) is 3.31. The molecule has 1 aliphatic rings. The number of nitrogens with zero attached hydrogens (tertiary/aromatic N) is 5. The zero-order valence-electron chi connectivity index (χ0n) is 15.6. The van der Waals surface area contributed by atoms with Crippen molar-refractivity contribution in [3.63, 3.8) is 0 Å². The molecular formula is C19H23N5O3. The van der Waals surface area contributed by atoms with E-state index in [1.165, 1.54) is 5.56 Å². The molecule has 0 radical (unpaired) electrons. The standard InChI is InChI=1S/C19H23N5O3/c1-26-10-9-24-18-16(11-20-24)19(25)23-8-7-22(13-17(23)21-18)12-14-3-5-15(27-2)6-4-14/h3-6,11H,7-10,12-13H2,1-2H3. The third-order valence-electron chi connectivity index (χ3n) is 4.91. The predicted octanol–water partition coefficient (Wildman–Crippen LogP) is 1.26. The maximum absolute atomic E-state index is 12.8. The maximum Gasteiger partial charge on any atom is 0.264 e. The molecule has 0 unspecified atom stereocenters. The quantitative estimate of drug-likeness (QED) is 0.651. The van der Waals surface area contributed by atoms with Crippen LogP contribution in [0.2, 0.25) is 0 Å². The molecule has 8 nitrogen and oxygen atoms in total. The topological polar surface area (TPSA) is 74.4 Å². The predicted molar refractivity (Wildman–Crippen MR) is 101 cm³/mol. The van der Waals surface area contributed by atoms with Crippen molar-refractivity contribution in [3.8, 4) is 5.75 Å². The highest BCUT2D eigenvalue weighted by molar-refractivity contribution is 5.73. The minimum Gasteiger partial charge on any atom is -0.497 e. The Morgan fingerprint density at radius 3 is 2.70 bits per heavy atom. The molecule has 1 aromatic carbocycles. The van der Waals surface area contributed by atoms with E-state index in [0.717, 1.165) is 24.7 Å². The van der Waals surface area contributed by atoms with Crippen molar-refractivity contribution >= 4 is 11.0 Å². The Labute approximate surface area is 156 Å². The van der Waals surface area contributed by atoms with Crippen LogP contribution in [0.4, 0.5) is 0 Å². The molecule has 142 valence electrons. The normalized spacial score (nSPS) is 14.4. The Kier molecular flexibility index (Phi) is 4.91. The van der Waals surface area contributed by atoms with E-state index >= 15 is 0 Å². The van der Waals surface area contributed by atoms with Gasteiger partial charge in [-0.05, 0) is 17.7 Å². The lowest BCUT2D eigenvalue weighted by molar-refractivity contribution is 0.184. The highest BCUT2D eigenvalue weighted by Gasteiger charge is 2.21. The van der Waals surface area contributed by atoms with Crippen molar-refractivity contribution in [2.45, 2.75) is 26.2 Å². The second kappa shape index (κ2) is 7.50. The maximum atomic E-state index is 12.8. The molecule has 0 spiro atoms. The largest absolute Gasteiger partial charge is 0.497 e. The number of hydrogen-bond acceptors (Lipinski definition) is 6. The number of methoxy groups -OCH3 is 2. The van der Waals surface area contributed by atoms with Crippen LogP contribution in [0.15, 0.2) is 35.3 Å². The Morgan fingerprint density at radius 2 is 1.96 bits per heavy atom. The van der Waals surface area contributed by atoms with Gasteiger partial charge in [-0.15, -0.1) is 0 Å². The van der Waals surface area contributed by atoms with Crippen molar-refractivity contribution in [2.24, 2.45) is 0 Å². The fraction of sp³-hybridized carbons (Fsp3) is 0.421. The second-order valence-corrected chi connectivity index (χ2v) is 6.64. The summed E-state index contributed by atoms with van der Waals surface area (Å²) in [5.74, 6) is 1.63. The molecular weight excluding hydrogens is 346 g/mol. The first-order valence-electron chi connectivity index (χ1n) is 8.99. The molecule has 0 saturated heterocycles. The molecule has 3 heterocycles. The van der Waals surface area contributed by atoms with Crippen LogP contribution >= 0.6 is 0 Å². The molecule has 0 aliphatic carbocycles. The van der Waals surface area contributed by atoms with Gasteiger partial charge in [0.15, 0.2) is 5.65 Å². The first-order valence-corrected chi connectivity index (χ1v) is 8.99. The van der Waals surface area contributed by atoms with E-state index in [9.17, 15) is 4.79 Å². The zero-order chi connectivity index (χ0) is 18.8. The zero-order valence-corrected chi connectivity index (χ0v) is 15.6. The summed E-state index contributed by atoms with van der Waals surface area (Å²) in [5, 5.41) is 4.87. The van der Waals surface area contributed by atoms with Gasteiger partial charge in [0, 0.05) is 26.7 Å². The van der Waals surface area contributed by atoms with Crippen LogP contribution in [0.3, 0.4) is 0 Å². The monoisotopic (exact) mass is 369 g/mol. The lowest BCUT2D eigenvalue weighted by Crippen LogP contribution is -2.39. The number of rotatable bonds is 6. The third kappa shape index (κ3) is 3.45. The number of hydrogen-bond donors (Lipinski definition) is 0. The summed E-state index contributed by atoms with van der Waals surface area (Å²) in [6.45, 7) is 3.99. The van der Waals surface area contributed by atoms with Gasteiger partial charge < -0.3 is 9.47 Å². The molecule has 2 aromatic heterocycles. The SMILES string of the molecule is COCCn1ncc2c(=O)n3c(nc21)CN(Cc1ccc(OC)cc1)CC3. The first kappa shape index (κ1) is 17.7. The van der Waals surface area contributed by atoms with Gasteiger partial charge in [0.1, 0.15) is 17.0 Å². The van der Waals surface area contributed by atoms with E-state index in [2.05, 4.69) is 22.1 Å². The number of ether oxygens (including phenoxy) is 2. The summed E-state index contributed by atoms with van der Waals surface area (Å²) in [5.41, 5.74) is 1.83. The summed E-state index contributed by atoms with van der Waals surface area (Å²) in [4.78, 5) is 19.9. The van der Waals surface area contributed by atoms with Crippen molar-refractivity contribution in [2.75, 3.05) is 27.4 Å². The van der Waals surface area contributed by atoms with E-state index in [1.54, 1.807) is 29.7 Å². The van der Waals surface area contributed by atoms with Crippen LogP contribution < -0.4 is 10.3 Å². The van der Waals surface area contributed by atoms with Crippen molar-refractivity contribution in [3.05, 3.63) is 52.2 Å². The Morgan fingerprint density at radius 1 is 1.15 bits per heavy atom. The highest BCUT2D eigenvalue weighted by Crippen LogP contribution is 2.17. The van der Waals surface area contributed by atoms with E-state index in [1.807, 2.05) is 12.1 Å². The molecule has 4 rings (SSSR count). The van der Waals surface area contributed by atoms with Crippen molar-refractivity contribution in [1.82, 2.24) is 24.2 Å². The second-order valence-electron chi connectivity index (χ2n) is 6.64. The third-order valence-corrected chi connectivity index (χ3v) is 4.91. The molecule has 0 bridgehead atoms. The summed E-state index contributed by atoms with van der Waals surface area (Å²) in [6, 6.07) is 8.07. The van der Waals surface area contributed by atoms with E-state index in [-0.39, 0.29) is 5.56 Å². The minimum absolute atomic E-state index is 0.0113. The lowest BCUT2D eigenvalue weighted by atomic mass is 10.2.